The van der Waals surface area contributed by atoms with Gasteiger partial charge in [-0.05, 0) is 41.5 Å². The van der Waals surface area contributed by atoms with E-state index < -0.39 is 5.97 Å². The molecule has 2 aromatic rings. The zero-order chi connectivity index (χ0) is 14.5. The van der Waals surface area contributed by atoms with Crippen LogP contribution in [0.15, 0.2) is 48.5 Å². The van der Waals surface area contributed by atoms with E-state index in [1.54, 1.807) is 61.7 Å². The Kier molecular flexibility index (Phi) is 4.43. The number of ether oxygens (including phenoxy) is 1. The lowest BCUT2D eigenvalue weighted by atomic mass is 10.0. The van der Waals surface area contributed by atoms with Crippen LogP contribution in [0.1, 0.15) is 11.1 Å². The molecule has 0 unspecified atom stereocenters. The predicted octanol–water partition coefficient (Wildman–Crippen LogP) is 3.97. The first-order chi connectivity index (χ1) is 9.60. The smallest absolute Gasteiger partial charge is 0.336 e. The average molecular weight is 289 g/mol. The van der Waals surface area contributed by atoms with Gasteiger partial charge in [0.05, 0.1) is 12.7 Å². The summed E-state index contributed by atoms with van der Waals surface area (Å²) in [6, 6.07) is 13.9. The molecule has 0 aromatic heterocycles. The zero-order valence-electron chi connectivity index (χ0n) is 10.8. The van der Waals surface area contributed by atoms with Crippen LogP contribution < -0.4 is 4.74 Å². The van der Waals surface area contributed by atoms with E-state index in [-0.39, 0.29) is 5.57 Å². The summed E-state index contributed by atoms with van der Waals surface area (Å²) in [5.74, 6) is -0.273. The number of methoxy groups -OCH3 is 1. The van der Waals surface area contributed by atoms with E-state index in [1.807, 2.05) is 0 Å². The fourth-order valence-electron chi connectivity index (χ4n) is 1.79. The first-order valence-corrected chi connectivity index (χ1v) is 6.33. The molecule has 0 aliphatic heterocycles. The van der Waals surface area contributed by atoms with Gasteiger partial charge < -0.3 is 9.84 Å². The van der Waals surface area contributed by atoms with Crippen LogP contribution in [0.25, 0.3) is 11.6 Å². The van der Waals surface area contributed by atoms with Crippen LogP contribution >= 0.6 is 11.6 Å². The Morgan fingerprint density at radius 2 is 1.90 bits per heavy atom. The van der Waals surface area contributed by atoms with Crippen molar-refractivity contribution in [3.63, 3.8) is 0 Å². The van der Waals surface area contributed by atoms with Gasteiger partial charge in [-0.3, -0.25) is 0 Å². The summed E-state index contributed by atoms with van der Waals surface area (Å²) in [5, 5.41) is 9.85. The van der Waals surface area contributed by atoms with E-state index in [0.717, 1.165) is 11.3 Å². The van der Waals surface area contributed by atoms with E-state index in [2.05, 4.69) is 0 Å². The van der Waals surface area contributed by atoms with Crippen molar-refractivity contribution in [2.75, 3.05) is 7.11 Å². The summed E-state index contributed by atoms with van der Waals surface area (Å²) < 4.78 is 5.07. The summed E-state index contributed by atoms with van der Waals surface area (Å²) in [6.07, 6.45) is 1.60. The Morgan fingerprint density at radius 1 is 1.20 bits per heavy atom. The molecule has 0 saturated heterocycles. The van der Waals surface area contributed by atoms with Crippen LogP contribution in [0.5, 0.6) is 5.75 Å². The van der Waals surface area contributed by atoms with Crippen molar-refractivity contribution in [2.45, 2.75) is 0 Å². The quantitative estimate of drug-likeness (QED) is 0.684. The Hall–Kier alpha value is -2.26. The standard InChI is InChI=1S/C16H13ClO3/c1-20-14-7-5-11(6-8-14)9-15(16(18)19)12-3-2-4-13(17)10-12/h2-10H,1H3,(H,18,19)/b15-9+. The molecule has 4 heteroatoms. The molecule has 0 heterocycles. The minimum Gasteiger partial charge on any atom is -0.497 e. The second kappa shape index (κ2) is 6.26. The Balaban J connectivity index is 2.42. The molecular weight excluding hydrogens is 276 g/mol. The number of aliphatic carboxylic acids is 1. The number of carboxylic acids is 1. The van der Waals surface area contributed by atoms with Crippen LogP contribution in [-0.4, -0.2) is 18.2 Å². The van der Waals surface area contributed by atoms with Crippen molar-refractivity contribution in [3.05, 3.63) is 64.7 Å². The Labute approximate surface area is 122 Å². The maximum Gasteiger partial charge on any atom is 0.336 e. The van der Waals surface area contributed by atoms with Crippen molar-refractivity contribution in [1.82, 2.24) is 0 Å². The number of carbonyl (C=O) groups is 1. The molecule has 0 saturated carbocycles. The molecule has 2 rings (SSSR count). The molecule has 0 radical (unpaired) electrons. The number of hydrogen-bond donors (Lipinski definition) is 1. The third kappa shape index (κ3) is 3.39. The van der Waals surface area contributed by atoms with Crippen molar-refractivity contribution in [1.29, 1.82) is 0 Å². The molecule has 0 fully saturated rings. The van der Waals surface area contributed by atoms with Crippen molar-refractivity contribution >= 4 is 29.2 Å². The minimum atomic E-state index is -0.997. The third-order valence-electron chi connectivity index (χ3n) is 2.79. The van der Waals surface area contributed by atoms with Gasteiger partial charge in [0.2, 0.25) is 0 Å². The lowest BCUT2D eigenvalue weighted by molar-refractivity contribution is -0.130. The first-order valence-electron chi connectivity index (χ1n) is 5.95. The van der Waals surface area contributed by atoms with Gasteiger partial charge in [0.1, 0.15) is 5.75 Å². The minimum absolute atomic E-state index is 0.192. The topological polar surface area (TPSA) is 46.5 Å². The average Bonchev–Trinajstić information content (AvgIpc) is 2.45. The van der Waals surface area contributed by atoms with Crippen molar-refractivity contribution < 1.29 is 14.6 Å². The van der Waals surface area contributed by atoms with E-state index in [9.17, 15) is 9.90 Å². The summed E-state index contributed by atoms with van der Waals surface area (Å²) >= 11 is 5.90. The molecule has 2 aromatic carbocycles. The fraction of sp³-hybridized carbons (Fsp3) is 0.0625. The summed E-state index contributed by atoms with van der Waals surface area (Å²) in [5.41, 5.74) is 1.54. The van der Waals surface area contributed by atoms with Crippen LogP contribution in [0.2, 0.25) is 5.02 Å². The summed E-state index contributed by atoms with van der Waals surface area (Å²) in [7, 11) is 1.58. The Bertz CT molecular complexity index is 645. The Morgan fingerprint density at radius 3 is 2.45 bits per heavy atom. The molecular formula is C16H13ClO3. The largest absolute Gasteiger partial charge is 0.497 e. The number of halogens is 1. The highest BCUT2D eigenvalue weighted by molar-refractivity contribution is 6.31. The SMILES string of the molecule is COc1ccc(/C=C(/C(=O)O)c2cccc(Cl)c2)cc1. The molecule has 0 aliphatic carbocycles. The van der Waals surface area contributed by atoms with E-state index in [0.29, 0.717) is 10.6 Å². The van der Waals surface area contributed by atoms with Crippen LogP contribution in [0, 0.1) is 0 Å². The number of carboxylic acid groups (broad SMARTS) is 1. The molecule has 0 atom stereocenters. The van der Waals surface area contributed by atoms with Gasteiger partial charge >= 0.3 is 5.97 Å². The number of benzene rings is 2. The first kappa shape index (κ1) is 14.2. The van der Waals surface area contributed by atoms with Crippen LogP contribution in [-0.2, 0) is 4.79 Å². The van der Waals surface area contributed by atoms with E-state index in [1.165, 1.54) is 0 Å². The van der Waals surface area contributed by atoms with Gasteiger partial charge in [-0.2, -0.15) is 0 Å². The highest BCUT2D eigenvalue weighted by Crippen LogP contribution is 2.22. The normalized spacial score (nSPS) is 11.2. The highest BCUT2D eigenvalue weighted by atomic mass is 35.5. The third-order valence-corrected chi connectivity index (χ3v) is 3.03. The lowest BCUT2D eigenvalue weighted by Gasteiger charge is -2.04. The van der Waals surface area contributed by atoms with Crippen molar-refractivity contribution in [2.24, 2.45) is 0 Å². The molecule has 0 aliphatic rings. The monoisotopic (exact) mass is 288 g/mol. The van der Waals surface area contributed by atoms with Gasteiger partial charge in [0, 0.05) is 5.02 Å². The molecule has 0 spiro atoms. The fourth-order valence-corrected chi connectivity index (χ4v) is 1.98. The molecule has 0 amide bonds. The maximum absolute atomic E-state index is 11.4. The van der Waals surface area contributed by atoms with Crippen LogP contribution in [0.4, 0.5) is 0 Å². The van der Waals surface area contributed by atoms with E-state index >= 15 is 0 Å². The molecule has 1 N–H and O–H groups in total. The molecule has 102 valence electrons. The second-order valence-electron chi connectivity index (χ2n) is 4.15. The number of rotatable bonds is 4. The zero-order valence-corrected chi connectivity index (χ0v) is 11.6. The van der Waals surface area contributed by atoms with Gasteiger partial charge in [-0.15, -0.1) is 0 Å². The van der Waals surface area contributed by atoms with Gasteiger partial charge in [0.25, 0.3) is 0 Å². The summed E-state index contributed by atoms with van der Waals surface area (Å²) in [4.78, 5) is 11.4. The predicted molar refractivity (Wildman–Crippen MR) is 80.0 cm³/mol. The summed E-state index contributed by atoms with van der Waals surface area (Å²) in [6.45, 7) is 0. The van der Waals surface area contributed by atoms with Gasteiger partial charge in [0.15, 0.2) is 0 Å². The lowest BCUT2D eigenvalue weighted by Crippen LogP contribution is -1.99. The van der Waals surface area contributed by atoms with Gasteiger partial charge in [-0.1, -0.05) is 35.9 Å². The van der Waals surface area contributed by atoms with E-state index in [4.69, 9.17) is 16.3 Å². The molecule has 20 heavy (non-hydrogen) atoms. The highest BCUT2D eigenvalue weighted by Gasteiger charge is 2.10. The van der Waals surface area contributed by atoms with Gasteiger partial charge in [-0.25, -0.2) is 4.79 Å². The maximum atomic E-state index is 11.4. The molecule has 0 bridgehead atoms. The van der Waals surface area contributed by atoms with Crippen molar-refractivity contribution in [3.8, 4) is 5.75 Å². The number of hydrogen-bond acceptors (Lipinski definition) is 2. The second-order valence-corrected chi connectivity index (χ2v) is 4.58. The molecule has 3 nitrogen and oxygen atoms in total. The van der Waals surface area contributed by atoms with Crippen LogP contribution in [0.3, 0.4) is 0 Å².